The summed E-state index contributed by atoms with van der Waals surface area (Å²) in [6, 6.07) is 9.90. The molecule has 40 heavy (non-hydrogen) atoms. The van der Waals surface area contributed by atoms with Gasteiger partial charge in [-0.15, -0.1) is 0 Å². The molecule has 2 aromatic heterocycles. The molecule has 1 aromatic carbocycles. The molecule has 0 spiro atoms. The highest BCUT2D eigenvalue weighted by Crippen LogP contribution is 2.35. The summed E-state index contributed by atoms with van der Waals surface area (Å²) in [4.78, 5) is 26.7. The highest BCUT2D eigenvalue weighted by atomic mass is 32.2. The largest absolute Gasteiger partial charge is 0.421 e. The Morgan fingerprint density at radius 2 is 1.82 bits per heavy atom. The number of aromatic nitrogens is 3. The Hall–Kier alpha value is -3.94. The first-order valence-corrected chi connectivity index (χ1v) is 14.4. The number of hydrogen-bond acceptors (Lipinski definition) is 8. The number of nitrogens with zero attached hydrogens (tertiary/aromatic N) is 5. The number of amides is 1. The maximum Gasteiger partial charge on any atom is 0.421 e. The van der Waals surface area contributed by atoms with Crippen LogP contribution in [0.1, 0.15) is 47.2 Å². The van der Waals surface area contributed by atoms with E-state index in [1.54, 1.807) is 48.3 Å². The molecule has 3 aromatic rings. The summed E-state index contributed by atoms with van der Waals surface area (Å²) < 4.78 is 66.2. The summed E-state index contributed by atoms with van der Waals surface area (Å²) in [5, 5.41) is 5.53. The summed E-state index contributed by atoms with van der Waals surface area (Å²) in [6.07, 6.45) is 2.38. The van der Waals surface area contributed by atoms with E-state index >= 15 is 0 Å². The van der Waals surface area contributed by atoms with Crippen molar-refractivity contribution >= 4 is 39.2 Å². The van der Waals surface area contributed by atoms with E-state index in [0.29, 0.717) is 23.0 Å². The van der Waals surface area contributed by atoms with E-state index in [4.69, 9.17) is 0 Å². The van der Waals surface area contributed by atoms with E-state index < -0.39 is 27.6 Å². The van der Waals surface area contributed by atoms with Gasteiger partial charge in [-0.3, -0.25) is 9.10 Å². The molecular weight excluding hydrogens is 547 g/mol. The molecule has 14 heteroatoms. The fourth-order valence-corrected chi connectivity index (χ4v) is 4.97. The van der Waals surface area contributed by atoms with E-state index in [0.717, 1.165) is 36.2 Å². The Morgan fingerprint density at radius 1 is 1.10 bits per heavy atom. The predicted molar refractivity (Wildman–Crippen MR) is 146 cm³/mol. The van der Waals surface area contributed by atoms with Crippen molar-refractivity contribution in [3.05, 3.63) is 65.5 Å². The zero-order valence-corrected chi connectivity index (χ0v) is 23.1. The topological polar surface area (TPSA) is 120 Å². The minimum Gasteiger partial charge on any atom is -0.365 e. The number of pyridine rings is 1. The molecule has 10 nitrogen and oxygen atoms in total. The fraction of sp³-hybridized carbons (Fsp3) is 0.385. The van der Waals surface area contributed by atoms with E-state index in [1.807, 2.05) is 0 Å². The van der Waals surface area contributed by atoms with Gasteiger partial charge in [-0.25, -0.2) is 18.4 Å². The van der Waals surface area contributed by atoms with Crippen molar-refractivity contribution in [1.29, 1.82) is 0 Å². The molecule has 2 N–H and O–H groups in total. The normalized spacial score (nSPS) is 14.2. The summed E-state index contributed by atoms with van der Waals surface area (Å²) in [5.41, 5.74) is 0.112. The van der Waals surface area contributed by atoms with Crippen LogP contribution in [0.3, 0.4) is 0 Å². The van der Waals surface area contributed by atoms with Gasteiger partial charge in [-0.05, 0) is 37.1 Å². The second-order valence-electron chi connectivity index (χ2n) is 9.58. The molecule has 0 bridgehead atoms. The smallest absolute Gasteiger partial charge is 0.365 e. The van der Waals surface area contributed by atoms with Gasteiger partial charge in [-0.2, -0.15) is 18.2 Å². The van der Waals surface area contributed by atoms with Crippen molar-refractivity contribution in [1.82, 2.24) is 19.9 Å². The van der Waals surface area contributed by atoms with Crippen LogP contribution in [0.5, 0.6) is 0 Å². The second kappa shape index (κ2) is 11.7. The van der Waals surface area contributed by atoms with Crippen molar-refractivity contribution in [2.75, 3.05) is 35.3 Å². The van der Waals surface area contributed by atoms with Gasteiger partial charge in [0, 0.05) is 55.9 Å². The van der Waals surface area contributed by atoms with Gasteiger partial charge in [0.25, 0.3) is 5.91 Å². The Bertz CT molecular complexity index is 1480. The number of halogens is 3. The van der Waals surface area contributed by atoms with Gasteiger partial charge in [-0.1, -0.05) is 25.0 Å². The number of benzene rings is 1. The highest BCUT2D eigenvalue weighted by Gasteiger charge is 2.35. The predicted octanol–water partition coefficient (Wildman–Crippen LogP) is 4.66. The van der Waals surface area contributed by atoms with Crippen LogP contribution in [0.2, 0.25) is 0 Å². The maximum absolute atomic E-state index is 13.8. The van der Waals surface area contributed by atoms with E-state index in [1.165, 1.54) is 13.2 Å². The van der Waals surface area contributed by atoms with Gasteiger partial charge in [0.2, 0.25) is 16.0 Å². The zero-order chi connectivity index (χ0) is 29.1. The Morgan fingerprint density at radius 3 is 2.50 bits per heavy atom. The number of nitrogens with one attached hydrogen (secondary N) is 2. The molecule has 0 radical (unpaired) electrons. The highest BCUT2D eigenvalue weighted by molar-refractivity contribution is 7.92. The van der Waals surface area contributed by atoms with Gasteiger partial charge < -0.3 is 15.5 Å². The monoisotopic (exact) mass is 577 g/mol. The number of alkyl halides is 3. The quantitative estimate of drug-likeness (QED) is 0.377. The Kier molecular flexibility index (Phi) is 8.47. The van der Waals surface area contributed by atoms with Gasteiger partial charge in [0.05, 0.1) is 6.26 Å². The number of sulfonamides is 1. The van der Waals surface area contributed by atoms with Crippen molar-refractivity contribution in [2.24, 2.45) is 0 Å². The Labute approximate surface area is 230 Å². The minimum atomic E-state index is -4.75. The third-order valence-corrected chi connectivity index (χ3v) is 7.93. The summed E-state index contributed by atoms with van der Waals surface area (Å²) in [7, 11) is -0.574. The molecule has 0 atom stereocenters. The molecule has 1 aliphatic carbocycles. The third kappa shape index (κ3) is 6.79. The molecule has 1 saturated carbocycles. The molecule has 0 aliphatic heterocycles. The van der Waals surface area contributed by atoms with E-state index in [-0.39, 0.29) is 30.3 Å². The van der Waals surface area contributed by atoms with Crippen LogP contribution in [0.25, 0.3) is 0 Å². The lowest BCUT2D eigenvalue weighted by atomic mass is 10.1. The molecule has 214 valence electrons. The van der Waals surface area contributed by atoms with Crippen molar-refractivity contribution < 1.29 is 26.4 Å². The molecule has 0 saturated heterocycles. The van der Waals surface area contributed by atoms with Crippen molar-refractivity contribution in [2.45, 2.75) is 44.4 Å². The number of hydrogen-bond donors (Lipinski definition) is 2. The molecule has 1 amide bonds. The van der Waals surface area contributed by atoms with E-state index in [2.05, 4.69) is 25.6 Å². The van der Waals surface area contributed by atoms with Crippen LogP contribution in [0.4, 0.5) is 36.4 Å². The molecule has 1 fully saturated rings. The van der Waals surface area contributed by atoms with Gasteiger partial charge in [0.15, 0.2) is 0 Å². The molecule has 4 rings (SSSR count). The van der Waals surface area contributed by atoms with Crippen LogP contribution >= 0.6 is 0 Å². The van der Waals surface area contributed by atoms with Crippen LogP contribution in [0.15, 0.2) is 48.8 Å². The van der Waals surface area contributed by atoms with Gasteiger partial charge >= 0.3 is 6.18 Å². The van der Waals surface area contributed by atoms with Crippen molar-refractivity contribution in [3.8, 4) is 0 Å². The van der Waals surface area contributed by atoms with Crippen LogP contribution in [-0.2, 0) is 22.7 Å². The fourth-order valence-electron chi connectivity index (χ4n) is 4.49. The zero-order valence-electron chi connectivity index (χ0n) is 22.2. The maximum atomic E-state index is 13.8. The standard InChI is InChI=1S/C26H30F3N7O3S/c1-35(20-11-4-5-12-20)24(37)17-8-6-10-19(14-17)33-25-32-16-21(26(27,28)29)22(34-25)31-15-18-9-7-13-30-23(18)36(2)40(3,38)39/h6-10,13-14,16,20H,4-5,11-12,15H2,1-3H3,(H2,31,32,33,34). The van der Waals surface area contributed by atoms with Crippen molar-refractivity contribution in [3.63, 3.8) is 0 Å². The first kappa shape index (κ1) is 29.1. The number of anilines is 4. The Balaban J connectivity index is 1.57. The average Bonchev–Trinajstić information content (AvgIpc) is 3.45. The summed E-state index contributed by atoms with van der Waals surface area (Å²) in [5.74, 6) is -0.695. The lowest BCUT2D eigenvalue weighted by Gasteiger charge is -2.24. The van der Waals surface area contributed by atoms with Crippen LogP contribution < -0.4 is 14.9 Å². The average molecular weight is 578 g/mol. The van der Waals surface area contributed by atoms with Gasteiger partial charge in [0.1, 0.15) is 17.2 Å². The molecular formula is C26H30F3N7O3S. The van der Waals surface area contributed by atoms with Crippen LogP contribution in [-0.4, -0.2) is 60.6 Å². The number of carbonyl (C=O) groups is 1. The molecule has 1 aliphatic rings. The summed E-state index contributed by atoms with van der Waals surface area (Å²) in [6.45, 7) is -0.194. The first-order valence-electron chi connectivity index (χ1n) is 12.5. The molecule has 0 unspecified atom stereocenters. The summed E-state index contributed by atoms with van der Waals surface area (Å²) >= 11 is 0. The van der Waals surface area contributed by atoms with Crippen LogP contribution in [0, 0.1) is 0 Å². The number of carbonyl (C=O) groups excluding carboxylic acids is 1. The first-order chi connectivity index (χ1) is 18.8. The second-order valence-corrected chi connectivity index (χ2v) is 11.6. The van der Waals surface area contributed by atoms with E-state index in [9.17, 15) is 26.4 Å². The number of rotatable bonds is 9. The lowest BCUT2D eigenvalue weighted by Crippen LogP contribution is -2.35. The SMILES string of the molecule is CN(C(=O)c1cccc(Nc2ncc(C(F)(F)F)c(NCc3cccnc3N(C)S(C)(=O)=O)n2)c1)C1CCCC1. The minimum absolute atomic E-state index is 0.0718. The molecule has 2 heterocycles. The lowest BCUT2D eigenvalue weighted by molar-refractivity contribution is -0.137. The third-order valence-electron chi connectivity index (χ3n) is 6.76.